The molecule has 0 bridgehead atoms. The summed E-state index contributed by atoms with van der Waals surface area (Å²) in [5.41, 5.74) is -1.95. The zero-order chi connectivity index (χ0) is 24.2. The van der Waals surface area contributed by atoms with Gasteiger partial charge in [-0.25, -0.2) is 9.36 Å². The minimum atomic E-state index is -4.11. The molecule has 0 radical (unpaired) electrons. The van der Waals surface area contributed by atoms with E-state index in [1.54, 1.807) is 30.3 Å². The third kappa shape index (κ3) is 6.33. The van der Waals surface area contributed by atoms with Crippen LogP contribution in [-0.2, 0) is 18.6 Å². The molecule has 2 aromatic rings. The van der Waals surface area contributed by atoms with Gasteiger partial charge in [-0.15, -0.1) is 11.8 Å². The number of hydrogen-bond donors (Lipinski definition) is 3. The predicted octanol–water partition coefficient (Wildman–Crippen LogP) is 1.40. The van der Waals surface area contributed by atoms with Crippen molar-refractivity contribution in [2.45, 2.75) is 36.1 Å². The predicted molar refractivity (Wildman–Crippen MR) is 118 cm³/mol. The van der Waals surface area contributed by atoms with Crippen LogP contribution in [0.3, 0.4) is 0 Å². The molecule has 3 N–H and O–H groups in total. The summed E-state index contributed by atoms with van der Waals surface area (Å²) in [5.74, 6) is -1.60. The number of carbonyl (C=O) groups excluding carboxylic acids is 1. The van der Waals surface area contributed by atoms with Crippen molar-refractivity contribution in [3.05, 3.63) is 63.2 Å². The smallest absolute Gasteiger partial charge is 0.459 e. The highest BCUT2D eigenvalue weighted by atomic mass is 32.2. The van der Waals surface area contributed by atoms with Gasteiger partial charge in [0.25, 0.3) is 5.56 Å². The van der Waals surface area contributed by atoms with Gasteiger partial charge < -0.3 is 14.4 Å². The van der Waals surface area contributed by atoms with Crippen molar-refractivity contribution < 1.29 is 32.6 Å². The zero-order valence-electron chi connectivity index (χ0n) is 17.7. The Balaban J connectivity index is 1.73. The fourth-order valence-electron chi connectivity index (χ4n) is 3.06. The molecule has 1 aliphatic heterocycles. The number of rotatable bonds is 9. The number of aromatic amines is 1. The number of aliphatic hydroxyl groups excluding tert-OH is 1. The van der Waals surface area contributed by atoms with E-state index in [1.165, 1.54) is 14.0 Å². The number of hydrogen-bond acceptors (Lipinski definition) is 9. The van der Waals surface area contributed by atoms with Gasteiger partial charge in [-0.1, -0.05) is 18.2 Å². The first-order valence-electron chi connectivity index (χ1n) is 9.81. The van der Waals surface area contributed by atoms with Crippen LogP contribution in [0.25, 0.3) is 0 Å². The molecule has 1 aromatic heterocycles. The minimum absolute atomic E-state index is 0.0555. The number of H-pyrrole nitrogens is 1. The summed E-state index contributed by atoms with van der Waals surface area (Å²) in [6, 6.07) is 7.12. The summed E-state index contributed by atoms with van der Waals surface area (Å²) in [5, 5.41) is 11.6. The highest BCUT2D eigenvalue weighted by Crippen LogP contribution is 2.48. The highest BCUT2D eigenvalue weighted by Gasteiger charge is 2.39. The molecule has 5 atom stereocenters. The summed E-state index contributed by atoms with van der Waals surface area (Å²) in [6.45, 7) is 1.14. The number of esters is 1. The van der Waals surface area contributed by atoms with Gasteiger partial charge in [0.2, 0.25) is 5.82 Å². The molecule has 0 saturated carbocycles. The molecule has 0 aliphatic carbocycles. The normalized spacial score (nSPS) is 23.0. The van der Waals surface area contributed by atoms with E-state index < -0.39 is 53.6 Å². The maximum atomic E-state index is 13.6. The number of aliphatic hydroxyl groups is 1. The van der Waals surface area contributed by atoms with Crippen LogP contribution in [0.2, 0.25) is 0 Å². The Labute approximate surface area is 191 Å². The number of thioether (sulfide) groups is 1. The molecule has 1 fully saturated rings. The molecule has 0 spiro atoms. The number of aromatic nitrogens is 2. The number of methoxy groups -OCH3 is 1. The lowest BCUT2D eigenvalue weighted by atomic mass is 10.2. The van der Waals surface area contributed by atoms with Gasteiger partial charge in [-0.2, -0.15) is 9.48 Å². The Morgan fingerprint density at radius 2 is 2.09 bits per heavy atom. The van der Waals surface area contributed by atoms with E-state index in [0.29, 0.717) is 0 Å². The van der Waals surface area contributed by atoms with Crippen molar-refractivity contribution in [1.82, 2.24) is 14.6 Å². The molecule has 14 heteroatoms. The second kappa shape index (κ2) is 10.7. The molecule has 3 rings (SSSR count). The molecular formula is C19H23FN3O8PS. The molecule has 11 nitrogen and oxygen atoms in total. The molecule has 1 aliphatic rings. The molecule has 0 amide bonds. The Morgan fingerprint density at radius 1 is 1.39 bits per heavy atom. The molecule has 2 unspecified atom stereocenters. The van der Waals surface area contributed by atoms with Crippen LogP contribution in [-0.4, -0.2) is 51.7 Å². The molecule has 33 heavy (non-hydrogen) atoms. The van der Waals surface area contributed by atoms with Crippen molar-refractivity contribution in [3.63, 3.8) is 0 Å². The molecule has 1 aromatic carbocycles. The number of nitrogens with zero attached hydrogens (tertiary/aromatic N) is 1. The first kappa shape index (κ1) is 25.2. The topological polar surface area (TPSA) is 149 Å². The highest BCUT2D eigenvalue weighted by molar-refractivity contribution is 8.00. The quantitative estimate of drug-likeness (QED) is 0.339. The third-order valence-corrected chi connectivity index (χ3v) is 7.90. The van der Waals surface area contributed by atoms with E-state index in [9.17, 15) is 28.4 Å². The monoisotopic (exact) mass is 503 g/mol. The average Bonchev–Trinajstić information content (AvgIpc) is 3.15. The van der Waals surface area contributed by atoms with E-state index in [1.807, 2.05) is 4.98 Å². The van der Waals surface area contributed by atoms with Crippen molar-refractivity contribution in [3.8, 4) is 5.75 Å². The van der Waals surface area contributed by atoms with Gasteiger partial charge in [0.05, 0.1) is 36.6 Å². The summed E-state index contributed by atoms with van der Waals surface area (Å²) in [7, 11) is -2.93. The lowest BCUT2D eigenvalue weighted by Gasteiger charge is -2.24. The molecule has 1 saturated heterocycles. The second-order valence-corrected chi connectivity index (χ2v) is 10.3. The van der Waals surface area contributed by atoms with E-state index >= 15 is 0 Å². The van der Waals surface area contributed by atoms with Crippen molar-refractivity contribution >= 4 is 25.5 Å². The SMILES string of the molecule is COC(=O)C(C)NP(=O)(OC[C@H]1S[C@@H](n2cc(F)c(=O)[nH]c2=O)C[C@@H]1O)Oc1ccccc1. The molecule has 180 valence electrons. The van der Waals surface area contributed by atoms with Gasteiger partial charge in [0.1, 0.15) is 11.8 Å². The summed E-state index contributed by atoms with van der Waals surface area (Å²) in [4.78, 5) is 36.9. The van der Waals surface area contributed by atoms with Crippen molar-refractivity contribution in [2.75, 3.05) is 13.7 Å². The first-order valence-corrected chi connectivity index (χ1v) is 12.3. The van der Waals surface area contributed by atoms with E-state index in [-0.39, 0.29) is 18.8 Å². The zero-order valence-corrected chi connectivity index (χ0v) is 19.4. The van der Waals surface area contributed by atoms with Crippen molar-refractivity contribution in [1.29, 1.82) is 0 Å². The largest absolute Gasteiger partial charge is 0.468 e. The Bertz CT molecular complexity index is 1140. The fraction of sp³-hybridized carbons (Fsp3) is 0.421. The van der Waals surface area contributed by atoms with Crippen LogP contribution >= 0.6 is 19.5 Å². The first-order chi connectivity index (χ1) is 15.6. The van der Waals surface area contributed by atoms with Crippen molar-refractivity contribution in [2.24, 2.45) is 0 Å². The van der Waals surface area contributed by atoms with Crippen LogP contribution < -0.4 is 20.9 Å². The third-order valence-electron chi connectivity index (χ3n) is 4.72. The number of halogens is 1. The maximum absolute atomic E-state index is 13.6. The van der Waals surface area contributed by atoms with E-state index in [2.05, 4.69) is 9.82 Å². The number of ether oxygens (including phenoxy) is 1. The fourth-order valence-corrected chi connectivity index (χ4v) is 6.11. The standard InChI is InChI=1S/C19H23FN3O8PS/c1-11(18(26)29-2)22-32(28,31-12-6-4-3-5-7-12)30-10-15-14(24)8-16(33-15)23-9-13(20)17(25)21-19(23)27/h3-7,9,11,14-16,24H,8,10H2,1-2H3,(H,22,28)(H,21,25,27)/t11?,14-,15+,16+,32?/m0/s1. The summed E-state index contributed by atoms with van der Waals surface area (Å²) < 4.78 is 43.6. The van der Waals surface area contributed by atoms with E-state index in [4.69, 9.17) is 9.05 Å². The number of nitrogens with one attached hydrogen (secondary N) is 2. The van der Waals surface area contributed by atoms with Gasteiger partial charge >= 0.3 is 19.4 Å². The van der Waals surface area contributed by atoms with Gasteiger partial charge in [-0.3, -0.25) is 23.7 Å². The minimum Gasteiger partial charge on any atom is -0.468 e. The number of para-hydroxylation sites is 1. The average molecular weight is 503 g/mol. The van der Waals surface area contributed by atoms with Gasteiger partial charge in [-0.05, 0) is 19.1 Å². The Morgan fingerprint density at radius 3 is 2.76 bits per heavy atom. The van der Waals surface area contributed by atoms with Crippen LogP contribution in [0.5, 0.6) is 5.75 Å². The number of benzene rings is 1. The Hall–Kier alpha value is -2.44. The van der Waals surface area contributed by atoms with Crippen LogP contribution in [0.15, 0.2) is 46.1 Å². The van der Waals surface area contributed by atoms with Crippen LogP contribution in [0.4, 0.5) is 4.39 Å². The summed E-state index contributed by atoms with van der Waals surface area (Å²) >= 11 is 1.08. The summed E-state index contributed by atoms with van der Waals surface area (Å²) in [6.07, 6.45) is -0.164. The molecule has 2 heterocycles. The maximum Gasteiger partial charge on any atom is 0.459 e. The number of carbonyl (C=O) groups is 1. The second-order valence-electron chi connectivity index (χ2n) is 7.15. The van der Waals surface area contributed by atoms with Gasteiger partial charge in [0.15, 0.2) is 0 Å². The van der Waals surface area contributed by atoms with Gasteiger partial charge in [0, 0.05) is 6.42 Å². The lowest BCUT2D eigenvalue weighted by Crippen LogP contribution is -2.35. The Kier molecular flexibility index (Phi) is 8.14. The van der Waals surface area contributed by atoms with Crippen LogP contribution in [0, 0.1) is 5.82 Å². The molecular weight excluding hydrogens is 480 g/mol. The van der Waals surface area contributed by atoms with E-state index in [0.717, 1.165) is 22.5 Å². The van der Waals surface area contributed by atoms with Crippen LogP contribution in [0.1, 0.15) is 18.7 Å². The lowest BCUT2D eigenvalue weighted by molar-refractivity contribution is -0.142.